The molecule has 2 N–H and O–H groups in total. The van der Waals surface area contributed by atoms with Crippen molar-refractivity contribution in [2.24, 2.45) is 5.92 Å². The highest BCUT2D eigenvalue weighted by Gasteiger charge is 2.05. The molecule has 0 amide bonds. The molecular formula is C15H22N2O. The van der Waals surface area contributed by atoms with Crippen molar-refractivity contribution in [1.29, 1.82) is 0 Å². The summed E-state index contributed by atoms with van der Waals surface area (Å²) in [6.45, 7) is 7.20. The maximum Gasteiger partial charge on any atom is 0.0610 e. The highest BCUT2D eigenvalue weighted by atomic mass is 16.3. The van der Waals surface area contributed by atoms with E-state index >= 15 is 0 Å². The number of aromatic nitrogens is 1. The second-order valence-electron chi connectivity index (χ2n) is 5.11. The zero-order chi connectivity index (χ0) is 13.0. The van der Waals surface area contributed by atoms with Crippen molar-refractivity contribution in [3.05, 3.63) is 36.0 Å². The van der Waals surface area contributed by atoms with Crippen molar-refractivity contribution in [3.63, 3.8) is 0 Å². The molecule has 0 fully saturated rings. The molecule has 0 saturated heterocycles. The molecule has 0 saturated carbocycles. The number of hydrogen-bond acceptors (Lipinski definition) is 2. The Morgan fingerprint density at radius 3 is 2.83 bits per heavy atom. The van der Waals surface area contributed by atoms with Gasteiger partial charge in [0.15, 0.2) is 0 Å². The summed E-state index contributed by atoms with van der Waals surface area (Å²) < 4.78 is 2.10. The molecule has 0 aliphatic rings. The maximum atomic E-state index is 9.04. The number of rotatable bonds is 6. The average molecular weight is 246 g/mol. The van der Waals surface area contributed by atoms with Gasteiger partial charge >= 0.3 is 0 Å². The summed E-state index contributed by atoms with van der Waals surface area (Å²) in [4.78, 5) is 0. The Morgan fingerprint density at radius 2 is 2.11 bits per heavy atom. The van der Waals surface area contributed by atoms with E-state index in [-0.39, 0.29) is 6.61 Å². The second-order valence-corrected chi connectivity index (χ2v) is 5.11. The largest absolute Gasteiger partial charge is 0.395 e. The summed E-state index contributed by atoms with van der Waals surface area (Å²) in [6, 6.07) is 8.50. The van der Waals surface area contributed by atoms with Gasteiger partial charge in [-0.2, -0.15) is 0 Å². The second kappa shape index (κ2) is 6.03. The van der Waals surface area contributed by atoms with E-state index in [2.05, 4.69) is 48.0 Å². The van der Waals surface area contributed by atoms with E-state index in [1.54, 1.807) is 0 Å². The standard InChI is InChI=1S/C15H22N2O/c1-12(2)10-16-11-13-4-3-5-15-14(13)6-7-17(15)8-9-18/h3-7,12,16,18H,8-11H2,1-2H3. The lowest BCUT2D eigenvalue weighted by Gasteiger charge is -2.09. The van der Waals surface area contributed by atoms with Crippen LogP contribution in [0.4, 0.5) is 0 Å². The molecule has 0 radical (unpaired) electrons. The van der Waals surface area contributed by atoms with Gasteiger partial charge in [0.1, 0.15) is 0 Å². The molecule has 2 rings (SSSR count). The summed E-state index contributed by atoms with van der Waals surface area (Å²) in [5, 5.41) is 13.8. The van der Waals surface area contributed by atoms with Gasteiger partial charge in [-0.3, -0.25) is 0 Å². The van der Waals surface area contributed by atoms with Crippen LogP contribution in [0.3, 0.4) is 0 Å². The molecule has 2 aromatic rings. The van der Waals surface area contributed by atoms with Gasteiger partial charge in [-0.25, -0.2) is 0 Å². The Bertz CT molecular complexity index is 502. The van der Waals surface area contributed by atoms with Crippen LogP contribution in [0.5, 0.6) is 0 Å². The molecule has 3 nitrogen and oxygen atoms in total. The van der Waals surface area contributed by atoms with Gasteiger partial charge in [0.2, 0.25) is 0 Å². The van der Waals surface area contributed by atoms with E-state index in [0.717, 1.165) is 13.1 Å². The van der Waals surface area contributed by atoms with Gasteiger partial charge in [-0.1, -0.05) is 26.0 Å². The number of aliphatic hydroxyl groups excluding tert-OH is 1. The van der Waals surface area contributed by atoms with E-state index in [4.69, 9.17) is 5.11 Å². The number of aliphatic hydroxyl groups is 1. The van der Waals surface area contributed by atoms with Gasteiger partial charge in [0.05, 0.1) is 6.61 Å². The van der Waals surface area contributed by atoms with Crippen LogP contribution in [0.25, 0.3) is 10.9 Å². The monoisotopic (exact) mass is 246 g/mol. The van der Waals surface area contributed by atoms with Crippen molar-refractivity contribution in [1.82, 2.24) is 9.88 Å². The predicted molar refractivity (Wildman–Crippen MR) is 75.6 cm³/mol. The van der Waals surface area contributed by atoms with Crippen molar-refractivity contribution in [3.8, 4) is 0 Å². The van der Waals surface area contributed by atoms with Crippen LogP contribution in [0.1, 0.15) is 19.4 Å². The molecule has 3 heteroatoms. The number of benzene rings is 1. The van der Waals surface area contributed by atoms with Gasteiger partial charge in [0, 0.05) is 30.2 Å². The van der Waals surface area contributed by atoms with Gasteiger partial charge in [0.25, 0.3) is 0 Å². The average Bonchev–Trinajstić information content (AvgIpc) is 2.74. The predicted octanol–water partition coefficient (Wildman–Crippen LogP) is 2.38. The van der Waals surface area contributed by atoms with E-state index in [1.165, 1.54) is 16.5 Å². The van der Waals surface area contributed by atoms with Crippen LogP contribution in [-0.2, 0) is 13.1 Å². The third-order valence-corrected chi connectivity index (χ3v) is 3.11. The normalized spacial score (nSPS) is 11.6. The molecule has 0 bridgehead atoms. The Kier molecular flexibility index (Phi) is 4.39. The number of nitrogens with one attached hydrogen (secondary N) is 1. The van der Waals surface area contributed by atoms with E-state index in [9.17, 15) is 0 Å². The fraction of sp³-hybridized carbons (Fsp3) is 0.467. The molecule has 0 aliphatic heterocycles. The molecule has 0 aliphatic carbocycles. The lowest BCUT2D eigenvalue weighted by atomic mass is 10.1. The zero-order valence-electron chi connectivity index (χ0n) is 11.2. The van der Waals surface area contributed by atoms with E-state index < -0.39 is 0 Å². The minimum Gasteiger partial charge on any atom is -0.395 e. The molecule has 1 aromatic carbocycles. The number of nitrogens with zero attached hydrogens (tertiary/aromatic N) is 1. The van der Waals surface area contributed by atoms with Gasteiger partial charge in [-0.15, -0.1) is 0 Å². The van der Waals surface area contributed by atoms with Crippen LogP contribution >= 0.6 is 0 Å². The quantitative estimate of drug-likeness (QED) is 0.821. The van der Waals surface area contributed by atoms with Crippen LogP contribution in [0, 0.1) is 5.92 Å². The summed E-state index contributed by atoms with van der Waals surface area (Å²) in [5.41, 5.74) is 2.53. The minimum atomic E-state index is 0.180. The molecule has 18 heavy (non-hydrogen) atoms. The van der Waals surface area contributed by atoms with Crippen LogP contribution in [-0.4, -0.2) is 22.8 Å². The van der Waals surface area contributed by atoms with E-state index in [1.807, 2.05) is 6.20 Å². The molecular weight excluding hydrogens is 224 g/mol. The van der Waals surface area contributed by atoms with Crippen molar-refractivity contribution >= 4 is 10.9 Å². The number of fused-ring (bicyclic) bond motifs is 1. The lowest BCUT2D eigenvalue weighted by Crippen LogP contribution is -2.19. The van der Waals surface area contributed by atoms with Crippen molar-refractivity contribution in [2.45, 2.75) is 26.9 Å². The first kappa shape index (κ1) is 13.1. The summed E-state index contributed by atoms with van der Waals surface area (Å²) in [5.74, 6) is 0.670. The fourth-order valence-corrected chi connectivity index (χ4v) is 2.24. The first-order valence-electron chi connectivity index (χ1n) is 6.60. The van der Waals surface area contributed by atoms with Gasteiger partial charge in [-0.05, 0) is 30.2 Å². The summed E-state index contributed by atoms with van der Waals surface area (Å²) in [6.07, 6.45) is 2.05. The molecule has 0 atom stereocenters. The Hall–Kier alpha value is -1.32. The molecule has 98 valence electrons. The highest BCUT2D eigenvalue weighted by molar-refractivity contribution is 5.83. The molecule has 1 heterocycles. The maximum absolute atomic E-state index is 9.04. The molecule has 0 spiro atoms. The van der Waals surface area contributed by atoms with Crippen LogP contribution < -0.4 is 5.32 Å². The number of hydrogen-bond donors (Lipinski definition) is 2. The summed E-state index contributed by atoms with van der Waals surface area (Å²) in [7, 11) is 0. The lowest BCUT2D eigenvalue weighted by molar-refractivity contribution is 0.278. The summed E-state index contributed by atoms with van der Waals surface area (Å²) >= 11 is 0. The smallest absolute Gasteiger partial charge is 0.0610 e. The third-order valence-electron chi connectivity index (χ3n) is 3.11. The van der Waals surface area contributed by atoms with Crippen molar-refractivity contribution in [2.75, 3.05) is 13.2 Å². The Morgan fingerprint density at radius 1 is 1.28 bits per heavy atom. The van der Waals surface area contributed by atoms with Gasteiger partial charge < -0.3 is 15.0 Å². The molecule has 1 aromatic heterocycles. The fourth-order valence-electron chi connectivity index (χ4n) is 2.24. The highest BCUT2D eigenvalue weighted by Crippen LogP contribution is 2.20. The third kappa shape index (κ3) is 2.92. The van der Waals surface area contributed by atoms with Crippen molar-refractivity contribution < 1.29 is 5.11 Å². The van der Waals surface area contributed by atoms with Crippen LogP contribution in [0.2, 0.25) is 0 Å². The minimum absolute atomic E-state index is 0.180. The zero-order valence-corrected chi connectivity index (χ0v) is 11.2. The first-order valence-corrected chi connectivity index (χ1v) is 6.60. The van der Waals surface area contributed by atoms with E-state index in [0.29, 0.717) is 12.5 Å². The SMILES string of the molecule is CC(C)CNCc1cccc2c1ccn2CCO. The first-order chi connectivity index (χ1) is 8.72. The Balaban J connectivity index is 2.18. The Labute approximate surface area is 108 Å². The van der Waals surface area contributed by atoms with Crippen LogP contribution in [0.15, 0.2) is 30.5 Å². The molecule has 0 unspecified atom stereocenters. The topological polar surface area (TPSA) is 37.2 Å².